The molecule has 0 aliphatic carbocycles. The van der Waals surface area contributed by atoms with E-state index in [2.05, 4.69) is 41.5 Å². The van der Waals surface area contributed by atoms with Crippen LogP contribution in [0.25, 0.3) is 0 Å². The van der Waals surface area contributed by atoms with Crippen molar-refractivity contribution in [3.8, 4) is 0 Å². The zero-order valence-corrected chi connectivity index (χ0v) is 16.5. The summed E-state index contributed by atoms with van der Waals surface area (Å²) in [5.41, 5.74) is 0. The normalized spacial score (nSPS) is 7.90. The summed E-state index contributed by atoms with van der Waals surface area (Å²) in [6.07, 6.45) is 7.78. The van der Waals surface area contributed by atoms with Crippen molar-refractivity contribution in [2.24, 2.45) is 0 Å². The summed E-state index contributed by atoms with van der Waals surface area (Å²) >= 11 is 0. The average Bonchev–Trinajstić information content (AvgIpc) is 2.45. The second kappa shape index (κ2) is 36.6. The van der Waals surface area contributed by atoms with Gasteiger partial charge in [0.1, 0.15) is 0 Å². The molecule has 0 aromatic heterocycles. The predicted molar refractivity (Wildman–Crippen MR) is 89.0 cm³/mol. The van der Waals surface area contributed by atoms with Crippen molar-refractivity contribution < 1.29 is 19.8 Å². The molecule has 0 aromatic carbocycles. The Morgan fingerprint density at radius 1 is 0.857 bits per heavy atom. The summed E-state index contributed by atoms with van der Waals surface area (Å²) < 4.78 is 0. The van der Waals surface area contributed by atoms with Crippen LogP contribution in [0.3, 0.4) is 0 Å². The van der Waals surface area contributed by atoms with Crippen LogP contribution in [0, 0.1) is 20.8 Å². The Kier molecular flexibility index (Phi) is 56.5. The van der Waals surface area contributed by atoms with E-state index < -0.39 is 11.9 Å². The summed E-state index contributed by atoms with van der Waals surface area (Å²) in [6.45, 7) is 17.2. The minimum atomic E-state index is -1.51. The maximum absolute atomic E-state index is 9.53. The van der Waals surface area contributed by atoms with Gasteiger partial charge in [0.15, 0.2) is 0 Å². The molecule has 122 valence electrons. The first kappa shape index (κ1) is 32.4. The van der Waals surface area contributed by atoms with Crippen LogP contribution >= 0.6 is 0 Å². The van der Waals surface area contributed by atoms with E-state index in [1.807, 2.05) is 0 Å². The van der Waals surface area contributed by atoms with Crippen LogP contribution in [0.4, 0.5) is 0 Å². The van der Waals surface area contributed by atoms with E-state index in [1.165, 1.54) is 19.3 Å². The van der Waals surface area contributed by atoms with Crippen molar-refractivity contribution in [1.82, 2.24) is 0 Å². The minimum Gasteiger partial charge on any atom is -0.478 e. The Bertz CT molecular complexity index is 185. The van der Waals surface area contributed by atoms with Gasteiger partial charge < -0.3 is 5.11 Å². The molecule has 0 bridgehead atoms. The fraction of sp³-hybridized carbons (Fsp3) is 0.562. The summed E-state index contributed by atoms with van der Waals surface area (Å²) in [6, 6.07) is 0. The monoisotopic (exact) mass is 406 g/mol. The van der Waals surface area contributed by atoms with Crippen molar-refractivity contribution in [2.45, 2.75) is 59.3 Å². The molecule has 0 unspecified atom stereocenters. The zero-order valence-electron chi connectivity index (χ0n) is 13.7. The summed E-state index contributed by atoms with van der Waals surface area (Å²) in [4.78, 5) is 19.0. The Labute approximate surface area is 148 Å². The summed E-state index contributed by atoms with van der Waals surface area (Å²) in [7, 11) is 0. The van der Waals surface area contributed by atoms with Crippen LogP contribution in [-0.4, -0.2) is 41.0 Å². The van der Waals surface area contributed by atoms with Gasteiger partial charge in [-0.1, -0.05) is 80.1 Å². The van der Waals surface area contributed by atoms with Crippen molar-refractivity contribution >= 4 is 35.8 Å². The Morgan fingerprint density at radius 2 is 1.10 bits per heavy atom. The zero-order chi connectivity index (χ0) is 16.8. The quantitative estimate of drug-likeness (QED) is 0.554. The molecule has 0 rings (SSSR count). The van der Waals surface area contributed by atoms with Crippen LogP contribution in [0.1, 0.15) is 59.3 Å². The molecule has 0 aliphatic heterocycles. The molecule has 0 amide bonds. The molecule has 0 fully saturated rings. The van der Waals surface area contributed by atoms with Gasteiger partial charge in [-0.2, -0.15) is 0 Å². The fourth-order valence-corrected chi connectivity index (χ4v) is 0.139. The molecule has 8 radical (unpaired) electrons. The van der Waals surface area contributed by atoms with Crippen molar-refractivity contribution in [1.29, 1.82) is 0 Å². The van der Waals surface area contributed by atoms with E-state index in [4.69, 9.17) is 5.11 Å². The summed E-state index contributed by atoms with van der Waals surface area (Å²) in [5.74, 6) is -2.80. The third kappa shape index (κ3) is 106. The first-order valence-electron chi connectivity index (χ1n) is 6.87. The van der Waals surface area contributed by atoms with E-state index in [1.54, 1.807) is 0 Å². The molecule has 0 aliphatic rings. The maximum Gasteiger partial charge on any atom is 0.379 e. The Morgan fingerprint density at radius 3 is 1.14 bits per heavy atom. The first-order chi connectivity index (χ1) is 9.37. The van der Waals surface area contributed by atoms with E-state index >= 15 is 0 Å². The molecule has 0 saturated carbocycles. The number of unbranched alkanes of at least 4 members (excludes halogenated alkanes) is 3. The first-order valence-corrected chi connectivity index (χ1v) is 6.87. The minimum absolute atomic E-state index is 0. The van der Waals surface area contributed by atoms with Crippen LogP contribution in [0.2, 0.25) is 0 Å². The van der Waals surface area contributed by atoms with Crippen LogP contribution < -0.4 is 0 Å². The number of carboxylic acids is 1. The molecule has 0 saturated heterocycles. The number of carboxylic acid groups (broad SMARTS) is 1. The smallest absolute Gasteiger partial charge is 0.379 e. The fourth-order valence-electron chi connectivity index (χ4n) is 0.139. The van der Waals surface area contributed by atoms with Gasteiger partial charge in [0.25, 0.3) is 0 Å². The van der Waals surface area contributed by atoms with E-state index in [9.17, 15) is 14.7 Å². The Hall–Kier alpha value is -0.521. The largest absolute Gasteiger partial charge is 0.478 e. The SMILES string of the molecule is [CH2]CCC.[CH2]CCC.[CH2]CCC.[O]C(=O)/C=C/C(=O)O.[Sn]. The maximum atomic E-state index is 9.53. The third-order valence-corrected chi connectivity index (χ3v) is 1.42. The number of hydrogen-bond acceptors (Lipinski definition) is 2. The van der Waals surface area contributed by atoms with E-state index in [-0.39, 0.29) is 23.9 Å². The molecule has 4 nitrogen and oxygen atoms in total. The number of carbonyl (C=O) groups is 2. The van der Waals surface area contributed by atoms with Gasteiger partial charge in [-0.15, -0.1) is 0 Å². The van der Waals surface area contributed by atoms with E-state index in [0.717, 1.165) is 19.3 Å². The molecule has 0 heterocycles. The van der Waals surface area contributed by atoms with Gasteiger partial charge in [0.05, 0.1) is 0 Å². The van der Waals surface area contributed by atoms with Gasteiger partial charge >= 0.3 is 11.9 Å². The van der Waals surface area contributed by atoms with Crippen LogP contribution in [-0.2, 0) is 14.7 Å². The molecule has 5 heteroatoms. The van der Waals surface area contributed by atoms with Crippen molar-refractivity contribution in [3.63, 3.8) is 0 Å². The van der Waals surface area contributed by atoms with E-state index in [0.29, 0.717) is 12.2 Å². The Balaban J connectivity index is -0.0000000570. The van der Waals surface area contributed by atoms with Crippen LogP contribution in [0.15, 0.2) is 12.2 Å². The van der Waals surface area contributed by atoms with Gasteiger partial charge in [-0.3, -0.25) is 0 Å². The van der Waals surface area contributed by atoms with Crippen molar-refractivity contribution in [3.05, 3.63) is 32.9 Å². The number of carbonyl (C=O) groups excluding carboxylic acids is 1. The predicted octanol–water partition coefficient (Wildman–Crippen LogP) is 4.07. The average molecular weight is 405 g/mol. The van der Waals surface area contributed by atoms with Crippen LogP contribution in [0.5, 0.6) is 0 Å². The summed E-state index contributed by atoms with van der Waals surface area (Å²) in [5, 5.41) is 17.2. The molecule has 0 spiro atoms. The second-order valence-corrected chi connectivity index (χ2v) is 3.55. The number of rotatable bonds is 5. The van der Waals surface area contributed by atoms with Gasteiger partial charge in [-0.05, 0) is 0 Å². The van der Waals surface area contributed by atoms with Gasteiger partial charge in [-0.25, -0.2) is 14.7 Å². The third-order valence-electron chi connectivity index (χ3n) is 1.42. The topological polar surface area (TPSA) is 74.3 Å². The standard InChI is InChI=1S/C4H3O4.3C4H9.Sn/c5-3(6)1-2-4(7)8;3*1-3-4-2;/h1-2H,(H,5,6);3*1,3-4H2,2H3;/b2-1+;;;;. The molecule has 1 N–H and O–H groups in total. The molecular formula is C16H30O4Sn. The van der Waals surface area contributed by atoms with Gasteiger partial charge in [0.2, 0.25) is 0 Å². The second-order valence-electron chi connectivity index (χ2n) is 3.55. The molecule has 0 atom stereocenters. The molecule has 0 aromatic rings. The molecular weight excluding hydrogens is 375 g/mol. The molecule has 21 heavy (non-hydrogen) atoms. The number of hydrogen-bond donors (Lipinski definition) is 1. The van der Waals surface area contributed by atoms with Gasteiger partial charge in [0, 0.05) is 36.1 Å². The number of aliphatic carboxylic acids is 1. The van der Waals surface area contributed by atoms with Crippen molar-refractivity contribution in [2.75, 3.05) is 0 Å².